The molecule has 0 amide bonds. The second-order valence-electron chi connectivity index (χ2n) is 3.55. The number of para-hydroxylation sites is 1. The third-order valence-electron chi connectivity index (χ3n) is 2.50. The van der Waals surface area contributed by atoms with Crippen molar-refractivity contribution in [1.29, 1.82) is 0 Å². The van der Waals surface area contributed by atoms with Crippen molar-refractivity contribution in [2.24, 2.45) is 0 Å². The summed E-state index contributed by atoms with van der Waals surface area (Å²) < 4.78 is 0. The molecule has 0 aliphatic carbocycles. The molecule has 0 radical (unpaired) electrons. The van der Waals surface area contributed by atoms with E-state index in [1.807, 2.05) is 24.3 Å². The van der Waals surface area contributed by atoms with Gasteiger partial charge in [-0.15, -0.1) is 0 Å². The van der Waals surface area contributed by atoms with Crippen LogP contribution in [-0.2, 0) is 4.79 Å². The van der Waals surface area contributed by atoms with Crippen LogP contribution >= 0.6 is 0 Å². The Balaban J connectivity index is 2.15. The molecule has 1 aliphatic heterocycles. The highest BCUT2D eigenvalue weighted by Gasteiger charge is 2.12. The van der Waals surface area contributed by atoms with Crippen molar-refractivity contribution >= 4 is 17.7 Å². The maximum atomic E-state index is 10.5. The summed E-state index contributed by atoms with van der Waals surface area (Å²) in [7, 11) is 0. The van der Waals surface area contributed by atoms with Gasteiger partial charge < -0.3 is 10.0 Å². The van der Waals surface area contributed by atoms with Gasteiger partial charge in [0.05, 0.1) is 6.42 Å². The number of anilines is 1. The Bertz CT molecular complexity index is 398. The number of carboxylic acids is 1. The minimum atomic E-state index is -0.748. The summed E-state index contributed by atoms with van der Waals surface area (Å²) in [5, 5.41) is 8.65. The zero-order chi connectivity index (χ0) is 10.7. The summed E-state index contributed by atoms with van der Waals surface area (Å²) in [5.74, 6) is -0.748. The maximum absolute atomic E-state index is 10.5. The molecular weight excluding hydrogens is 190 g/mol. The van der Waals surface area contributed by atoms with Gasteiger partial charge in [0.25, 0.3) is 0 Å². The molecule has 0 saturated carbocycles. The second-order valence-corrected chi connectivity index (χ2v) is 3.55. The summed E-state index contributed by atoms with van der Waals surface area (Å²) in [5.41, 5.74) is 2.29. The van der Waals surface area contributed by atoms with Crippen molar-refractivity contribution in [3.05, 3.63) is 35.9 Å². The number of benzene rings is 1. The van der Waals surface area contributed by atoms with E-state index < -0.39 is 5.97 Å². The van der Waals surface area contributed by atoms with Gasteiger partial charge in [0.2, 0.25) is 0 Å². The van der Waals surface area contributed by atoms with E-state index in [4.69, 9.17) is 5.11 Å². The van der Waals surface area contributed by atoms with E-state index in [2.05, 4.69) is 17.1 Å². The summed E-state index contributed by atoms with van der Waals surface area (Å²) in [4.78, 5) is 12.6. The first-order valence-corrected chi connectivity index (χ1v) is 4.99. The van der Waals surface area contributed by atoms with Gasteiger partial charge in [-0.1, -0.05) is 30.4 Å². The lowest BCUT2D eigenvalue weighted by Gasteiger charge is -2.27. The molecule has 2 rings (SSSR count). The Morgan fingerprint density at radius 2 is 2.20 bits per heavy atom. The van der Waals surface area contributed by atoms with Crippen LogP contribution in [0.15, 0.2) is 30.3 Å². The zero-order valence-electron chi connectivity index (χ0n) is 8.39. The summed E-state index contributed by atoms with van der Waals surface area (Å²) in [6.07, 6.45) is 4.32. The SMILES string of the molecule is O=C(O)CCN1CC=Cc2ccccc21. The topological polar surface area (TPSA) is 40.5 Å². The molecular formula is C12H13NO2. The van der Waals surface area contributed by atoms with Crippen molar-refractivity contribution in [3.8, 4) is 0 Å². The number of hydrogen-bond acceptors (Lipinski definition) is 2. The molecule has 3 nitrogen and oxygen atoms in total. The Labute approximate surface area is 88.6 Å². The highest BCUT2D eigenvalue weighted by Crippen LogP contribution is 2.25. The number of carboxylic acid groups (broad SMARTS) is 1. The molecule has 1 heterocycles. The quantitative estimate of drug-likeness (QED) is 0.816. The van der Waals surface area contributed by atoms with E-state index in [1.54, 1.807) is 0 Å². The lowest BCUT2D eigenvalue weighted by Crippen LogP contribution is -2.28. The molecule has 0 spiro atoms. The van der Waals surface area contributed by atoms with Crippen LogP contribution in [-0.4, -0.2) is 24.2 Å². The van der Waals surface area contributed by atoms with Gasteiger partial charge in [-0.25, -0.2) is 0 Å². The van der Waals surface area contributed by atoms with Crippen molar-refractivity contribution in [1.82, 2.24) is 0 Å². The van der Waals surface area contributed by atoms with E-state index >= 15 is 0 Å². The molecule has 0 aromatic heterocycles. The molecule has 0 unspecified atom stereocenters. The molecule has 1 aromatic rings. The Hall–Kier alpha value is -1.77. The highest BCUT2D eigenvalue weighted by molar-refractivity contribution is 5.72. The van der Waals surface area contributed by atoms with E-state index in [0.29, 0.717) is 6.54 Å². The number of nitrogens with zero attached hydrogens (tertiary/aromatic N) is 1. The molecule has 15 heavy (non-hydrogen) atoms. The fourth-order valence-corrected chi connectivity index (χ4v) is 1.76. The van der Waals surface area contributed by atoms with Crippen molar-refractivity contribution in [2.75, 3.05) is 18.0 Å². The van der Waals surface area contributed by atoms with E-state index in [9.17, 15) is 4.79 Å². The molecule has 1 aromatic carbocycles. The smallest absolute Gasteiger partial charge is 0.305 e. The number of carbonyl (C=O) groups is 1. The number of fused-ring (bicyclic) bond motifs is 1. The average Bonchev–Trinajstić information content (AvgIpc) is 2.26. The Morgan fingerprint density at radius 3 is 3.00 bits per heavy atom. The third kappa shape index (κ3) is 2.18. The summed E-state index contributed by atoms with van der Waals surface area (Å²) >= 11 is 0. The van der Waals surface area contributed by atoms with Gasteiger partial charge >= 0.3 is 5.97 Å². The third-order valence-corrected chi connectivity index (χ3v) is 2.50. The highest BCUT2D eigenvalue weighted by atomic mass is 16.4. The molecule has 0 saturated heterocycles. The van der Waals surface area contributed by atoms with Gasteiger partial charge in [-0.3, -0.25) is 4.79 Å². The van der Waals surface area contributed by atoms with Crippen LogP contribution < -0.4 is 4.90 Å². The fraction of sp³-hybridized carbons (Fsp3) is 0.250. The van der Waals surface area contributed by atoms with Crippen molar-refractivity contribution < 1.29 is 9.90 Å². The number of aliphatic carboxylic acids is 1. The largest absolute Gasteiger partial charge is 0.481 e. The first-order valence-electron chi connectivity index (χ1n) is 4.99. The first kappa shape index (κ1) is 9.77. The molecule has 0 atom stereocenters. The predicted octanol–water partition coefficient (Wildman–Crippen LogP) is 1.99. The van der Waals surface area contributed by atoms with Crippen molar-refractivity contribution in [3.63, 3.8) is 0 Å². The van der Waals surface area contributed by atoms with Gasteiger partial charge in [0.1, 0.15) is 0 Å². The summed E-state index contributed by atoms with van der Waals surface area (Å²) in [6.45, 7) is 1.36. The van der Waals surface area contributed by atoms with Gasteiger partial charge in [0, 0.05) is 18.8 Å². The molecule has 0 fully saturated rings. The van der Waals surface area contributed by atoms with Gasteiger partial charge in [-0.05, 0) is 11.6 Å². The van der Waals surface area contributed by atoms with Crippen LogP contribution in [0.5, 0.6) is 0 Å². The van der Waals surface area contributed by atoms with E-state index in [0.717, 1.165) is 17.8 Å². The normalized spacial score (nSPS) is 13.7. The molecule has 1 N–H and O–H groups in total. The van der Waals surface area contributed by atoms with Gasteiger partial charge in [0.15, 0.2) is 0 Å². The Kier molecular flexibility index (Phi) is 2.72. The van der Waals surface area contributed by atoms with E-state index in [-0.39, 0.29) is 6.42 Å². The zero-order valence-corrected chi connectivity index (χ0v) is 8.39. The van der Waals surface area contributed by atoms with Gasteiger partial charge in [-0.2, -0.15) is 0 Å². The average molecular weight is 203 g/mol. The van der Waals surface area contributed by atoms with Crippen LogP contribution in [0.2, 0.25) is 0 Å². The monoisotopic (exact) mass is 203 g/mol. The standard InChI is InChI=1S/C12H13NO2/c14-12(15)7-9-13-8-3-5-10-4-1-2-6-11(10)13/h1-6H,7-9H2,(H,14,15). The Morgan fingerprint density at radius 1 is 1.40 bits per heavy atom. The summed E-state index contributed by atoms with van der Waals surface area (Å²) in [6, 6.07) is 8.04. The van der Waals surface area contributed by atoms with Crippen LogP contribution in [0.25, 0.3) is 6.08 Å². The van der Waals surface area contributed by atoms with Crippen LogP contribution in [0, 0.1) is 0 Å². The fourth-order valence-electron chi connectivity index (χ4n) is 1.76. The number of hydrogen-bond donors (Lipinski definition) is 1. The van der Waals surface area contributed by atoms with Crippen LogP contribution in [0.4, 0.5) is 5.69 Å². The molecule has 1 aliphatic rings. The maximum Gasteiger partial charge on any atom is 0.305 e. The van der Waals surface area contributed by atoms with Crippen LogP contribution in [0.3, 0.4) is 0 Å². The lowest BCUT2D eigenvalue weighted by molar-refractivity contribution is -0.136. The molecule has 0 bridgehead atoms. The van der Waals surface area contributed by atoms with E-state index in [1.165, 1.54) is 0 Å². The minimum absolute atomic E-state index is 0.183. The first-order chi connectivity index (χ1) is 7.27. The minimum Gasteiger partial charge on any atom is -0.481 e. The van der Waals surface area contributed by atoms with Crippen molar-refractivity contribution in [2.45, 2.75) is 6.42 Å². The predicted molar refractivity (Wildman–Crippen MR) is 59.9 cm³/mol. The molecule has 78 valence electrons. The lowest BCUT2D eigenvalue weighted by atomic mass is 10.1. The molecule has 3 heteroatoms. The second kappa shape index (κ2) is 4.17. The van der Waals surface area contributed by atoms with Crippen LogP contribution in [0.1, 0.15) is 12.0 Å². The number of rotatable bonds is 3.